The van der Waals surface area contributed by atoms with E-state index in [0.29, 0.717) is 5.02 Å². The third-order valence-corrected chi connectivity index (χ3v) is 3.33. The van der Waals surface area contributed by atoms with E-state index < -0.39 is 5.97 Å². The molecule has 0 aliphatic heterocycles. The molecule has 0 bridgehead atoms. The number of rotatable bonds is 2. The number of hydrogen-bond acceptors (Lipinski definition) is 1. The van der Waals surface area contributed by atoms with Gasteiger partial charge in [0.1, 0.15) is 0 Å². The lowest BCUT2D eigenvalue weighted by atomic mass is 9.93. The number of halogens is 1. The lowest BCUT2D eigenvalue weighted by Gasteiger charge is -2.12. The third kappa shape index (κ3) is 2.79. The summed E-state index contributed by atoms with van der Waals surface area (Å²) in [6.07, 6.45) is 0. The van der Waals surface area contributed by atoms with E-state index in [2.05, 4.69) is 12.1 Å². The standard InChI is InChI=1S/C16H15ClO2/c1-9-4-10(2)15(11(3)5-9)12-6-13(16(18)19)8-14(17)7-12/h4-8H,1-3H3,(H,18,19). The molecule has 2 aromatic rings. The minimum absolute atomic E-state index is 0.210. The number of benzene rings is 2. The van der Waals surface area contributed by atoms with E-state index in [-0.39, 0.29) is 5.56 Å². The summed E-state index contributed by atoms with van der Waals surface area (Å²) in [6, 6.07) is 9.11. The molecule has 0 heterocycles. The van der Waals surface area contributed by atoms with E-state index in [1.807, 2.05) is 20.8 Å². The van der Waals surface area contributed by atoms with Gasteiger partial charge >= 0.3 is 5.97 Å². The van der Waals surface area contributed by atoms with E-state index in [4.69, 9.17) is 16.7 Å². The SMILES string of the molecule is Cc1cc(C)c(-c2cc(Cl)cc(C(=O)O)c2)c(C)c1. The number of hydrogen-bond donors (Lipinski definition) is 1. The molecule has 0 saturated heterocycles. The Hall–Kier alpha value is -1.80. The molecule has 0 unspecified atom stereocenters. The van der Waals surface area contributed by atoms with Crippen LogP contribution in [0.4, 0.5) is 0 Å². The van der Waals surface area contributed by atoms with Crippen molar-refractivity contribution in [1.82, 2.24) is 0 Å². The van der Waals surface area contributed by atoms with Crippen LogP contribution in [0.3, 0.4) is 0 Å². The van der Waals surface area contributed by atoms with Crippen LogP contribution < -0.4 is 0 Å². The topological polar surface area (TPSA) is 37.3 Å². The van der Waals surface area contributed by atoms with E-state index in [9.17, 15) is 4.79 Å². The van der Waals surface area contributed by atoms with Crippen LogP contribution in [0.5, 0.6) is 0 Å². The van der Waals surface area contributed by atoms with E-state index in [0.717, 1.165) is 22.3 Å². The molecular formula is C16H15ClO2. The van der Waals surface area contributed by atoms with Crippen molar-refractivity contribution in [2.45, 2.75) is 20.8 Å². The molecule has 0 saturated carbocycles. The Morgan fingerprint density at radius 3 is 2.11 bits per heavy atom. The molecule has 0 spiro atoms. The van der Waals surface area contributed by atoms with Crippen LogP contribution in [0.25, 0.3) is 11.1 Å². The van der Waals surface area contributed by atoms with Gasteiger partial charge in [0.15, 0.2) is 0 Å². The van der Waals surface area contributed by atoms with Gasteiger partial charge in [-0.25, -0.2) is 4.79 Å². The highest BCUT2D eigenvalue weighted by atomic mass is 35.5. The van der Waals surface area contributed by atoms with E-state index in [1.165, 1.54) is 11.6 Å². The van der Waals surface area contributed by atoms with Crippen molar-refractivity contribution < 1.29 is 9.90 Å². The van der Waals surface area contributed by atoms with Crippen LogP contribution in [-0.2, 0) is 0 Å². The minimum Gasteiger partial charge on any atom is -0.478 e. The van der Waals surface area contributed by atoms with Gasteiger partial charge in [-0.2, -0.15) is 0 Å². The summed E-state index contributed by atoms with van der Waals surface area (Å²) in [5.41, 5.74) is 5.55. The summed E-state index contributed by atoms with van der Waals surface area (Å²) >= 11 is 6.02. The van der Waals surface area contributed by atoms with Crippen molar-refractivity contribution in [2.24, 2.45) is 0 Å². The molecule has 1 N–H and O–H groups in total. The van der Waals surface area contributed by atoms with Gasteiger partial charge in [-0.15, -0.1) is 0 Å². The Labute approximate surface area is 117 Å². The molecule has 0 amide bonds. The molecule has 98 valence electrons. The van der Waals surface area contributed by atoms with Gasteiger partial charge in [0, 0.05) is 5.02 Å². The molecule has 2 aromatic carbocycles. The second-order valence-electron chi connectivity index (χ2n) is 4.81. The van der Waals surface area contributed by atoms with Crippen molar-refractivity contribution >= 4 is 17.6 Å². The number of carbonyl (C=O) groups is 1. The zero-order valence-corrected chi connectivity index (χ0v) is 11.9. The van der Waals surface area contributed by atoms with Gasteiger partial charge in [-0.3, -0.25) is 0 Å². The average molecular weight is 275 g/mol. The van der Waals surface area contributed by atoms with Crippen LogP contribution >= 0.6 is 11.6 Å². The van der Waals surface area contributed by atoms with Crippen molar-refractivity contribution in [3.05, 3.63) is 57.6 Å². The molecule has 0 aliphatic rings. The highest BCUT2D eigenvalue weighted by molar-refractivity contribution is 6.31. The highest BCUT2D eigenvalue weighted by Crippen LogP contribution is 2.31. The van der Waals surface area contributed by atoms with Crippen LogP contribution in [0.1, 0.15) is 27.0 Å². The highest BCUT2D eigenvalue weighted by Gasteiger charge is 2.11. The molecule has 0 aromatic heterocycles. The largest absolute Gasteiger partial charge is 0.478 e. The van der Waals surface area contributed by atoms with Crippen molar-refractivity contribution in [3.8, 4) is 11.1 Å². The Bertz CT molecular complexity index is 637. The average Bonchev–Trinajstić information content (AvgIpc) is 2.26. The summed E-state index contributed by atoms with van der Waals surface area (Å²) in [5.74, 6) is -0.967. The fraction of sp³-hybridized carbons (Fsp3) is 0.188. The molecule has 2 rings (SSSR count). The van der Waals surface area contributed by atoms with Gasteiger partial charge in [0.05, 0.1) is 5.56 Å². The second kappa shape index (κ2) is 5.06. The van der Waals surface area contributed by atoms with Crippen molar-refractivity contribution in [3.63, 3.8) is 0 Å². The second-order valence-corrected chi connectivity index (χ2v) is 5.24. The first-order valence-corrected chi connectivity index (χ1v) is 6.38. The first-order valence-electron chi connectivity index (χ1n) is 6.00. The maximum atomic E-state index is 11.1. The zero-order valence-electron chi connectivity index (χ0n) is 11.1. The molecule has 3 heteroatoms. The maximum Gasteiger partial charge on any atom is 0.335 e. The molecule has 2 nitrogen and oxygen atoms in total. The van der Waals surface area contributed by atoms with Gasteiger partial charge in [0.25, 0.3) is 0 Å². The predicted octanol–water partition coefficient (Wildman–Crippen LogP) is 4.63. The number of aryl methyl sites for hydroxylation is 3. The number of carboxylic acid groups (broad SMARTS) is 1. The Morgan fingerprint density at radius 2 is 1.58 bits per heavy atom. The number of aromatic carboxylic acids is 1. The summed E-state index contributed by atoms with van der Waals surface area (Å²) in [5, 5.41) is 9.54. The zero-order chi connectivity index (χ0) is 14.2. The molecule has 0 atom stereocenters. The Balaban J connectivity index is 2.69. The van der Waals surface area contributed by atoms with Crippen molar-refractivity contribution in [2.75, 3.05) is 0 Å². The smallest absolute Gasteiger partial charge is 0.335 e. The minimum atomic E-state index is -0.967. The lowest BCUT2D eigenvalue weighted by Crippen LogP contribution is -1.98. The first kappa shape index (κ1) is 13.6. The van der Waals surface area contributed by atoms with E-state index >= 15 is 0 Å². The van der Waals surface area contributed by atoms with Gasteiger partial charge in [0.2, 0.25) is 0 Å². The first-order chi connectivity index (χ1) is 8.88. The summed E-state index contributed by atoms with van der Waals surface area (Å²) in [6.45, 7) is 6.10. The predicted molar refractivity (Wildman–Crippen MR) is 78.1 cm³/mol. The fourth-order valence-corrected chi connectivity index (χ4v) is 2.73. The fourth-order valence-electron chi connectivity index (χ4n) is 2.49. The monoisotopic (exact) mass is 274 g/mol. The van der Waals surface area contributed by atoms with Gasteiger partial charge < -0.3 is 5.11 Å². The van der Waals surface area contributed by atoms with Crippen LogP contribution in [0.15, 0.2) is 30.3 Å². The Kier molecular flexibility index (Phi) is 3.63. The number of carboxylic acids is 1. The third-order valence-electron chi connectivity index (χ3n) is 3.11. The summed E-state index contributed by atoms with van der Waals surface area (Å²) < 4.78 is 0. The quantitative estimate of drug-likeness (QED) is 0.867. The summed E-state index contributed by atoms with van der Waals surface area (Å²) in [7, 11) is 0. The maximum absolute atomic E-state index is 11.1. The lowest BCUT2D eigenvalue weighted by molar-refractivity contribution is 0.0697. The van der Waals surface area contributed by atoms with Crippen LogP contribution in [0.2, 0.25) is 5.02 Å². The molecule has 0 radical (unpaired) electrons. The summed E-state index contributed by atoms with van der Waals surface area (Å²) in [4.78, 5) is 11.1. The van der Waals surface area contributed by atoms with Crippen LogP contribution in [0, 0.1) is 20.8 Å². The molecule has 0 aliphatic carbocycles. The Morgan fingerprint density at radius 1 is 1.00 bits per heavy atom. The van der Waals surface area contributed by atoms with Gasteiger partial charge in [-0.1, -0.05) is 29.3 Å². The normalized spacial score (nSPS) is 10.5. The molecular weight excluding hydrogens is 260 g/mol. The molecule has 19 heavy (non-hydrogen) atoms. The van der Waals surface area contributed by atoms with Gasteiger partial charge in [-0.05, 0) is 61.2 Å². The van der Waals surface area contributed by atoms with E-state index in [1.54, 1.807) is 12.1 Å². The van der Waals surface area contributed by atoms with Crippen LogP contribution in [-0.4, -0.2) is 11.1 Å². The van der Waals surface area contributed by atoms with Crippen molar-refractivity contribution in [1.29, 1.82) is 0 Å². The molecule has 0 fully saturated rings.